The summed E-state index contributed by atoms with van der Waals surface area (Å²) in [6.45, 7) is 11.1. The smallest absolute Gasteiger partial charge is 0.128 e. The Kier molecular flexibility index (Phi) is 5.80. The van der Waals surface area contributed by atoms with Gasteiger partial charge in [-0.1, -0.05) is 26.8 Å². The highest BCUT2D eigenvalue weighted by Gasteiger charge is 2.22. The van der Waals surface area contributed by atoms with Crippen LogP contribution in [0.15, 0.2) is 18.3 Å². The fraction of sp³-hybridized carbons (Fsp3) is 0.688. The van der Waals surface area contributed by atoms with Crippen molar-refractivity contribution in [2.45, 2.75) is 39.8 Å². The molecule has 1 fully saturated rings. The van der Waals surface area contributed by atoms with E-state index in [1.165, 1.54) is 5.56 Å². The minimum Gasteiger partial charge on any atom is -0.377 e. The number of rotatable bonds is 6. The van der Waals surface area contributed by atoms with Gasteiger partial charge in [0.15, 0.2) is 0 Å². The Morgan fingerprint density at radius 2 is 2.30 bits per heavy atom. The molecule has 112 valence electrons. The van der Waals surface area contributed by atoms with Gasteiger partial charge in [0.2, 0.25) is 0 Å². The molecular weight excluding hydrogens is 250 g/mol. The van der Waals surface area contributed by atoms with Gasteiger partial charge in [-0.25, -0.2) is 4.98 Å². The molecule has 0 aliphatic carbocycles. The first-order valence-corrected chi connectivity index (χ1v) is 7.70. The molecule has 1 N–H and O–H groups in total. The predicted molar refractivity (Wildman–Crippen MR) is 83.0 cm³/mol. The summed E-state index contributed by atoms with van der Waals surface area (Å²) in [6.07, 6.45) is 3.09. The van der Waals surface area contributed by atoms with Gasteiger partial charge in [0, 0.05) is 19.3 Å². The number of ether oxygens (including phenoxy) is 1. The van der Waals surface area contributed by atoms with Gasteiger partial charge >= 0.3 is 0 Å². The van der Waals surface area contributed by atoms with Crippen molar-refractivity contribution >= 4 is 5.82 Å². The topological polar surface area (TPSA) is 37.4 Å². The number of pyridine rings is 1. The van der Waals surface area contributed by atoms with E-state index in [1.807, 2.05) is 6.20 Å². The average Bonchev–Trinajstić information content (AvgIpc) is 2.47. The zero-order chi connectivity index (χ0) is 14.4. The minimum atomic E-state index is 0.459. The third kappa shape index (κ3) is 4.18. The van der Waals surface area contributed by atoms with Crippen LogP contribution in [-0.4, -0.2) is 37.3 Å². The summed E-state index contributed by atoms with van der Waals surface area (Å²) in [5.74, 6) is 1.76. The summed E-state index contributed by atoms with van der Waals surface area (Å²) in [6, 6.07) is 4.78. The van der Waals surface area contributed by atoms with E-state index in [2.05, 4.69) is 48.1 Å². The van der Waals surface area contributed by atoms with Gasteiger partial charge in [-0.15, -0.1) is 0 Å². The Bertz CT molecular complexity index is 391. The number of hydrogen-bond donors (Lipinski definition) is 1. The Hall–Kier alpha value is -1.13. The Labute approximate surface area is 122 Å². The van der Waals surface area contributed by atoms with Crippen molar-refractivity contribution in [3.8, 4) is 0 Å². The highest BCUT2D eigenvalue weighted by Crippen LogP contribution is 2.19. The lowest BCUT2D eigenvalue weighted by atomic mass is 10.1. The summed E-state index contributed by atoms with van der Waals surface area (Å²) in [5, 5.41) is 3.45. The lowest BCUT2D eigenvalue weighted by Gasteiger charge is -2.36. The van der Waals surface area contributed by atoms with Gasteiger partial charge < -0.3 is 15.0 Å². The molecule has 4 nitrogen and oxygen atoms in total. The van der Waals surface area contributed by atoms with E-state index in [0.717, 1.165) is 45.1 Å². The fourth-order valence-electron chi connectivity index (χ4n) is 2.49. The number of nitrogens with one attached hydrogen (secondary N) is 1. The maximum Gasteiger partial charge on any atom is 0.128 e. The number of hydrogen-bond acceptors (Lipinski definition) is 4. The third-order valence-corrected chi connectivity index (χ3v) is 3.68. The molecule has 1 saturated heterocycles. The highest BCUT2D eigenvalue weighted by molar-refractivity contribution is 5.41. The zero-order valence-corrected chi connectivity index (χ0v) is 12.9. The Morgan fingerprint density at radius 3 is 2.95 bits per heavy atom. The lowest BCUT2D eigenvalue weighted by molar-refractivity contribution is 0.0925. The van der Waals surface area contributed by atoms with Crippen LogP contribution in [0.3, 0.4) is 0 Å². The molecule has 0 amide bonds. The van der Waals surface area contributed by atoms with E-state index < -0.39 is 0 Å². The molecule has 1 unspecified atom stereocenters. The molecule has 2 heterocycles. The van der Waals surface area contributed by atoms with Crippen molar-refractivity contribution < 1.29 is 4.74 Å². The van der Waals surface area contributed by atoms with Crippen LogP contribution in [0.25, 0.3) is 0 Å². The van der Waals surface area contributed by atoms with E-state index in [4.69, 9.17) is 4.74 Å². The van der Waals surface area contributed by atoms with Crippen molar-refractivity contribution in [1.29, 1.82) is 0 Å². The SMILES string of the molecule is CCC1COCCN1c1ccc(CNCC(C)C)cn1. The van der Waals surface area contributed by atoms with Crippen LogP contribution in [0.2, 0.25) is 0 Å². The normalized spacial score (nSPS) is 19.6. The average molecular weight is 277 g/mol. The van der Waals surface area contributed by atoms with Crippen molar-refractivity contribution in [3.05, 3.63) is 23.9 Å². The summed E-state index contributed by atoms with van der Waals surface area (Å²) in [7, 11) is 0. The van der Waals surface area contributed by atoms with Gasteiger partial charge in [-0.2, -0.15) is 0 Å². The molecule has 0 aromatic carbocycles. The maximum atomic E-state index is 5.54. The molecule has 4 heteroatoms. The van der Waals surface area contributed by atoms with E-state index in [1.54, 1.807) is 0 Å². The number of anilines is 1. The molecule has 0 bridgehead atoms. The first-order valence-electron chi connectivity index (χ1n) is 7.70. The van der Waals surface area contributed by atoms with Crippen LogP contribution in [0.4, 0.5) is 5.82 Å². The molecule has 0 radical (unpaired) electrons. The largest absolute Gasteiger partial charge is 0.377 e. The third-order valence-electron chi connectivity index (χ3n) is 3.68. The second-order valence-corrected chi connectivity index (χ2v) is 5.88. The quantitative estimate of drug-likeness (QED) is 0.866. The molecule has 1 aromatic heterocycles. The fourth-order valence-corrected chi connectivity index (χ4v) is 2.49. The van der Waals surface area contributed by atoms with Crippen LogP contribution in [0.5, 0.6) is 0 Å². The van der Waals surface area contributed by atoms with Crippen molar-refractivity contribution in [2.24, 2.45) is 5.92 Å². The van der Waals surface area contributed by atoms with E-state index in [0.29, 0.717) is 12.0 Å². The maximum absolute atomic E-state index is 5.54. The molecule has 0 saturated carbocycles. The molecular formula is C16H27N3O. The highest BCUT2D eigenvalue weighted by atomic mass is 16.5. The van der Waals surface area contributed by atoms with Gasteiger partial charge in [0.05, 0.1) is 19.3 Å². The monoisotopic (exact) mass is 277 g/mol. The summed E-state index contributed by atoms with van der Waals surface area (Å²) in [4.78, 5) is 7.00. The standard InChI is InChI=1S/C16H27N3O/c1-4-15-12-20-8-7-19(15)16-6-5-14(11-18-16)10-17-9-13(2)3/h5-6,11,13,15,17H,4,7-10,12H2,1-3H3. The minimum absolute atomic E-state index is 0.459. The first-order chi connectivity index (χ1) is 9.70. The summed E-state index contributed by atoms with van der Waals surface area (Å²) >= 11 is 0. The van der Waals surface area contributed by atoms with Crippen molar-refractivity contribution in [3.63, 3.8) is 0 Å². The molecule has 1 aliphatic rings. The molecule has 20 heavy (non-hydrogen) atoms. The van der Waals surface area contributed by atoms with Crippen LogP contribution in [-0.2, 0) is 11.3 Å². The zero-order valence-electron chi connectivity index (χ0n) is 12.9. The second-order valence-electron chi connectivity index (χ2n) is 5.88. The van der Waals surface area contributed by atoms with Gasteiger partial charge in [-0.05, 0) is 30.5 Å². The van der Waals surface area contributed by atoms with Crippen LogP contribution < -0.4 is 10.2 Å². The predicted octanol–water partition coefficient (Wildman–Crippen LogP) is 2.44. The number of nitrogens with zero attached hydrogens (tertiary/aromatic N) is 2. The molecule has 2 rings (SSSR count). The van der Waals surface area contributed by atoms with Crippen LogP contribution >= 0.6 is 0 Å². The van der Waals surface area contributed by atoms with Gasteiger partial charge in [0.25, 0.3) is 0 Å². The summed E-state index contributed by atoms with van der Waals surface area (Å²) < 4.78 is 5.54. The number of morpholine rings is 1. The van der Waals surface area contributed by atoms with Gasteiger partial charge in [-0.3, -0.25) is 0 Å². The Balaban J connectivity index is 1.93. The first kappa shape index (κ1) is 15.3. The molecule has 1 aliphatic heterocycles. The van der Waals surface area contributed by atoms with Crippen molar-refractivity contribution in [1.82, 2.24) is 10.3 Å². The lowest BCUT2D eigenvalue weighted by Crippen LogP contribution is -2.45. The Morgan fingerprint density at radius 1 is 1.45 bits per heavy atom. The van der Waals surface area contributed by atoms with Crippen LogP contribution in [0, 0.1) is 5.92 Å². The molecule has 1 atom stereocenters. The van der Waals surface area contributed by atoms with E-state index in [9.17, 15) is 0 Å². The second kappa shape index (κ2) is 7.60. The van der Waals surface area contributed by atoms with Crippen molar-refractivity contribution in [2.75, 3.05) is 31.2 Å². The molecule has 1 aromatic rings. The van der Waals surface area contributed by atoms with Crippen LogP contribution in [0.1, 0.15) is 32.8 Å². The van der Waals surface area contributed by atoms with E-state index in [-0.39, 0.29) is 0 Å². The van der Waals surface area contributed by atoms with Gasteiger partial charge in [0.1, 0.15) is 5.82 Å². The summed E-state index contributed by atoms with van der Waals surface area (Å²) in [5.41, 5.74) is 1.25. The number of aromatic nitrogens is 1. The molecule has 0 spiro atoms. The van der Waals surface area contributed by atoms with E-state index >= 15 is 0 Å².